The van der Waals surface area contributed by atoms with Crippen LogP contribution in [0.25, 0.3) is 104 Å². The first-order valence-electron chi connectivity index (χ1n) is 19.9. The first kappa shape index (κ1) is 32.1. The predicted molar refractivity (Wildman–Crippen MR) is 243 cm³/mol. The molecule has 0 bridgehead atoms. The Hall–Kier alpha value is -8.02. The maximum absolute atomic E-state index is 6.67. The predicted octanol–water partition coefficient (Wildman–Crippen LogP) is 15.6. The summed E-state index contributed by atoms with van der Waals surface area (Å²) in [6, 6.07) is 68.3. The Balaban J connectivity index is 1.05. The van der Waals surface area contributed by atoms with Gasteiger partial charge in [0.1, 0.15) is 33.5 Å². The van der Waals surface area contributed by atoms with Gasteiger partial charge in [-0.05, 0) is 102 Å². The second-order valence-corrected chi connectivity index (χ2v) is 15.2. The minimum absolute atomic E-state index is 0.815. The van der Waals surface area contributed by atoms with Crippen LogP contribution in [-0.2, 0) is 0 Å². The molecule has 5 nitrogen and oxygen atoms in total. The largest absolute Gasteiger partial charge is 0.456 e. The molecule has 13 rings (SSSR count). The molecule has 13 aromatic rings. The Morgan fingerprint density at radius 2 is 0.864 bits per heavy atom. The molecule has 5 heteroatoms. The molecule has 0 spiro atoms. The lowest BCUT2D eigenvalue weighted by molar-refractivity contribution is 0.669. The highest BCUT2D eigenvalue weighted by Gasteiger charge is 2.24. The summed E-state index contributed by atoms with van der Waals surface area (Å²) in [6.45, 7) is 0. The highest BCUT2D eigenvalue weighted by Crippen LogP contribution is 2.48. The van der Waals surface area contributed by atoms with Gasteiger partial charge in [-0.1, -0.05) is 97.1 Å². The number of rotatable bonds is 5. The van der Waals surface area contributed by atoms with E-state index in [1.165, 1.54) is 21.8 Å². The van der Waals surface area contributed by atoms with Crippen LogP contribution < -0.4 is 4.90 Å². The van der Waals surface area contributed by atoms with Gasteiger partial charge in [-0.15, -0.1) is 0 Å². The normalized spacial score (nSPS) is 12.1. The summed E-state index contributed by atoms with van der Waals surface area (Å²) < 4.78 is 22.0. The van der Waals surface area contributed by atoms with E-state index in [0.29, 0.717) is 0 Å². The average Bonchev–Trinajstić information content (AvgIpc) is 4.05. The summed E-state index contributed by atoms with van der Waals surface area (Å²) in [6.07, 6.45) is 0. The Morgan fingerprint density at radius 1 is 0.322 bits per heavy atom. The average molecular weight is 757 g/mol. The first-order valence-corrected chi connectivity index (χ1v) is 19.9. The third-order valence-electron chi connectivity index (χ3n) is 12.0. The molecule has 0 unspecified atom stereocenters. The van der Waals surface area contributed by atoms with Gasteiger partial charge in [-0.2, -0.15) is 0 Å². The van der Waals surface area contributed by atoms with E-state index in [0.717, 1.165) is 99.7 Å². The van der Waals surface area contributed by atoms with Gasteiger partial charge in [-0.3, -0.25) is 0 Å². The van der Waals surface area contributed by atoms with Gasteiger partial charge in [0.2, 0.25) is 0 Å². The van der Waals surface area contributed by atoms with Gasteiger partial charge >= 0.3 is 0 Å². The fraction of sp³-hybridized carbons (Fsp3) is 0. The van der Waals surface area contributed by atoms with E-state index in [1.54, 1.807) is 0 Å². The Bertz CT molecular complexity index is 3810. The number of hydrogen-bond acceptors (Lipinski definition) is 4. The molecule has 0 saturated heterocycles. The molecular formula is C54H32N2O3. The zero-order valence-corrected chi connectivity index (χ0v) is 31.6. The van der Waals surface area contributed by atoms with Crippen LogP contribution in [0, 0.1) is 0 Å². The molecule has 0 aliphatic rings. The van der Waals surface area contributed by atoms with E-state index in [-0.39, 0.29) is 0 Å². The van der Waals surface area contributed by atoms with E-state index < -0.39 is 0 Å². The van der Waals surface area contributed by atoms with Gasteiger partial charge in [0.15, 0.2) is 0 Å². The molecule has 4 heterocycles. The molecule has 0 amide bonds. The quantitative estimate of drug-likeness (QED) is 0.175. The van der Waals surface area contributed by atoms with Crippen LogP contribution in [0.1, 0.15) is 0 Å². The Morgan fingerprint density at radius 3 is 1.64 bits per heavy atom. The molecule has 0 saturated carbocycles. The smallest absolute Gasteiger partial charge is 0.137 e. The molecule has 0 aliphatic carbocycles. The van der Waals surface area contributed by atoms with Crippen molar-refractivity contribution in [1.29, 1.82) is 0 Å². The van der Waals surface area contributed by atoms with Crippen molar-refractivity contribution in [2.45, 2.75) is 0 Å². The molecule has 0 N–H and O–H groups in total. The molecule has 0 aliphatic heterocycles. The number of fused-ring (bicyclic) bond motifs is 12. The van der Waals surface area contributed by atoms with Crippen LogP contribution in [0.2, 0.25) is 0 Å². The third kappa shape index (κ3) is 4.73. The molecule has 59 heavy (non-hydrogen) atoms. The molecule has 9 aromatic carbocycles. The highest BCUT2D eigenvalue weighted by atomic mass is 16.3. The van der Waals surface area contributed by atoms with E-state index in [4.69, 9.17) is 13.3 Å². The maximum Gasteiger partial charge on any atom is 0.137 e. The van der Waals surface area contributed by atoms with E-state index >= 15 is 0 Å². The molecule has 4 aromatic heterocycles. The summed E-state index contributed by atoms with van der Waals surface area (Å²) in [5.41, 5.74) is 13.8. The second-order valence-electron chi connectivity index (χ2n) is 15.2. The van der Waals surface area contributed by atoms with Crippen molar-refractivity contribution in [1.82, 2.24) is 4.57 Å². The number of aromatic nitrogens is 1. The van der Waals surface area contributed by atoms with E-state index in [9.17, 15) is 0 Å². The standard InChI is InChI=1S/C54H32N2O3/c1-2-12-35(13-3-1)55-43-17-7-4-14-37(43)41-30-33(24-28-44(41)55)34-25-29-49-42(31-34)54-46(19-11-23-51(54)58-49)56(36-26-27-39-38-15-5-8-20-47(38)59-52(39)32-36)45-18-10-22-50-53(45)40-16-6-9-21-48(40)57-50/h1-32H. The van der Waals surface area contributed by atoms with Crippen molar-refractivity contribution in [2.24, 2.45) is 0 Å². The molecule has 0 radical (unpaired) electrons. The van der Waals surface area contributed by atoms with E-state index in [1.807, 2.05) is 30.3 Å². The van der Waals surface area contributed by atoms with Crippen molar-refractivity contribution >= 4 is 105 Å². The summed E-state index contributed by atoms with van der Waals surface area (Å²) in [5.74, 6) is 0. The zero-order chi connectivity index (χ0) is 38.6. The molecule has 0 fully saturated rings. The second kappa shape index (κ2) is 12.2. The lowest BCUT2D eigenvalue weighted by atomic mass is 9.99. The highest BCUT2D eigenvalue weighted by molar-refractivity contribution is 6.19. The van der Waals surface area contributed by atoms with Gasteiger partial charge in [-0.25, -0.2) is 0 Å². The molecule has 276 valence electrons. The molecule has 0 atom stereocenters. The van der Waals surface area contributed by atoms with Crippen LogP contribution in [0.15, 0.2) is 207 Å². The van der Waals surface area contributed by atoms with Crippen LogP contribution in [-0.4, -0.2) is 4.57 Å². The fourth-order valence-electron chi connectivity index (χ4n) is 9.39. The Kier molecular flexibility index (Phi) is 6.66. The van der Waals surface area contributed by atoms with Crippen molar-refractivity contribution in [2.75, 3.05) is 4.90 Å². The maximum atomic E-state index is 6.67. The molecular weight excluding hydrogens is 725 g/mol. The van der Waals surface area contributed by atoms with Gasteiger partial charge < -0.3 is 22.7 Å². The number of hydrogen-bond donors (Lipinski definition) is 0. The van der Waals surface area contributed by atoms with Crippen LogP contribution in [0.4, 0.5) is 17.1 Å². The van der Waals surface area contributed by atoms with Gasteiger partial charge in [0.25, 0.3) is 0 Å². The monoisotopic (exact) mass is 756 g/mol. The van der Waals surface area contributed by atoms with Crippen LogP contribution in [0.5, 0.6) is 0 Å². The summed E-state index contributed by atoms with van der Waals surface area (Å²) in [5, 5.41) is 8.79. The van der Waals surface area contributed by atoms with Crippen molar-refractivity contribution in [3.05, 3.63) is 194 Å². The lowest BCUT2D eigenvalue weighted by Gasteiger charge is -2.27. The van der Waals surface area contributed by atoms with Gasteiger partial charge in [0.05, 0.1) is 33.2 Å². The number of nitrogens with zero attached hydrogens (tertiary/aromatic N) is 2. The minimum atomic E-state index is 0.815. The number of para-hydroxylation sites is 4. The van der Waals surface area contributed by atoms with Crippen molar-refractivity contribution in [3.8, 4) is 16.8 Å². The zero-order valence-electron chi connectivity index (χ0n) is 31.6. The SMILES string of the molecule is c1ccc(-n2c3ccccc3c3cc(-c4ccc5oc6cccc(N(c7ccc8c(c7)oc7ccccc78)c7cccc8oc9ccccc9c78)c6c5c4)ccc32)cc1. The summed E-state index contributed by atoms with van der Waals surface area (Å²) in [4.78, 5) is 2.34. The lowest BCUT2D eigenvalue weighted by Crippen LogP contribution is -2.10. The topological polar surface area (TPSA) is 47.6 Å². The number of anilines is 3. The third-order valence-corrected chi connectivity index (χ3v) is 12.0. The summed E-state index contributed by atoms with van der Waals surface area (Å²) in [7, 11) is 0. The van der Waals surface area contributed by atoms with Crippen molar-refractivity contribution in [3.63, 3.8) is 0 Å². The Labute approximate surface area is 337 Å². The number of furan rings is 3. The fourth-order valence-corrected chi connectivity index (χ4v) is 9.39. The first-order chi connectivity index (χ1) is 29.2. The number of benzene rings is 9. The summed E-state index contributed by atoms with van der Waals surface area (Å²) >= 11 is 0. The van der Waals surface area contributed by atoms with Crippen LogP contribution >= 0.6 is 0 Å². The van der Waals surface area contributed by atoms with Crippen LogP contribution in [0.3, 0.4) is 0 Å². The van der Waals surface area contributed by atoms with E-state index in [2.05, 4.69) is 173 Å². The van der Waals surface area contributed by atoms with Gasteiger partial charge in [0, 0.05) is 49.8 Å². The van der Waals surface area contributed by atoms with Crippen molar-refractivity contribution < 1.29 is 13.3 Å². The minimum Gasteiger partial charge on any atom is -0.456 e.